The minimum absolute atomic E-state index is 0.00600. The fourth-order valence-corrected chi connectivity index (χ4v) is 7.21. The van der Waals surface area contributed by atoms with Crippen molar-refractivity contribution >= 4 is 15.7 Å². The monoisotopic (exact) mass is 477 g/mol. The third-order valence-corrected chi connectivity index (χ3v) is 9.56. The van der Waals surface area contributed by atoms with Gasteiger partial charge in [-0.05, 0) is 79.6 Å². The van der Waals surface area contributed by atoms with Gasteiger partial charge in [0.15, 0.2) is 0 Å². The molecule has 0 bridgehead atoms. The second kappa shape index (κ2) is 7.99. The molecule has 3 aromatic rings. The summed E-state index contributed by atoms with van der Waals surface area (Å²) < 4.78 is 31.0. The molecule has 2 aliphatic heterocycles. The van der Waals surface area contributed by atoms with Gasteiger partial charge in [0.2, 0.25) is 10.0 Å². The highest BCUT2D eigenvalue weighted by Gasteiger charge is 2.48. The fourth-order valence-electron chi connectivity index (χ4n) is 5.76. The summed E-state index contributed by atoms with van der Waals surface area (Å²) in [6.45, 7) is 12.6. The summed E-state index contributed by atoms with van der Waals surface area (Å²) in [6.07, 6.45) is 3.66. The van der Waals surface area contributed by atoms with Crippen molar-refractivity contribution in [3.8, 4) is 5.69 Å². The lowest BCUT2D eigenvalue weighted by Crippen LogP contribution is -2.56. The maximum Gasteiger partial charge on any atom is 0.243 e. The molecule has 0 saturated carbocycles. The number of anilines is 1. The van der Waals surface area contributed by atoms with E-state index in [9.17, 15) is 8.42 Å². The van der Waals surface area contributed by atoms with Crippen LogP contribution in [0.2, 0.25) is 0 Å². The summed E-state index contributed by atoms with van der Waals surface area (Å²) in [5.74, 6) is 0. The first-order valence-corrected chi connectivity index (χ1v) is 13.7. The zero-order valence-electron chi connectivity index (χ0n) is 20.9. The summed E-state index contributed by atoms with van der Waals surface area (Å²) >= 11 is 0. The van der Waals surface area contributed by atoms with Crippen LogP contribution in [-0.2, 0) is 21.0 Å². The summed E-state index contributed by atoms with van der Waals surface area (Å²) in [5.41, 5.74) is 5.86. The molecule has 6 heteroatoms. The molecular formula is C28H35N3O2S. The van der Waals surface area contributed by atoms with E-state index in [-0.39, 0.29) is 11.0 Å². The van der Waals surface area contributed by atoms with Crippen molar-refractivity contribution in [1.82, 2.24) is 8.87 Å². The van der Waals surface area contributed by atoms with Gasteiger partial charge in [0.05, 0.1) is 21.8 Å². The summed E-state index contributed by atoms with van der Waals surface area (Å²) in [5, 5.41) is 0. The van der Waals surface area contributed by atoms with Gasteiger partial charge in [-0.3, -0.25) is 0 Å². The lowest BCUT2D eigenvalue weighted by molar-refractivity contribution is 0.215. The number of hydrogen-bond acceptors (Lipinski definition) is 3. The molecule has 0 N–H and O–H groups in total. The lowest BCUT2D eigenvalue weighted by atomic mass is 9.81. The van der Waals surface area contributed by atoms with Crippen molar-refractivity contribution in [2.75, 3.05) is 24.5 Å². The third kappa shape index (κ3) is 3.50. The number of aromatic nitrogens is 1. The number of aryl methyl sites for hydroxylation is 1. The lowest BCUT2D eigenvalue weighted by Gasteiger charge is -2.52. The Kier molecular flexibility index (Phi) is 5.45. The highest BCUT2D eigenvalue weighted by molar-refractivity contribution is 7.89. The highest BCUT2D eigenvalue weighted by atomic mass is 32.2. The van der Waals surface area contributed by atoms with E-state index in [0.717, 1.165) is 24.9 Å². The van der Waals surface area contributed by atoms with Crippen LogP contribution < -0.4 is 4.90 Å². The van der Waals surface area contributed by atoms with Crippen LogP contribution in [-0.4, -0.2) is 36.9 Å². The first-order chi connectivity index (χ1) is 16.1. The van der Waals surface area contributed by atoms with Gasteiger partial charge in [0.25, 0.3) is 0 Å². The molecule has 0 atom stereocenters. The summed E-state index contributed by atoms with van der Waals surface area (Å²) in [4.78, 5) is 2.89. The Morgan fingerprint density at radius 1 is 0.941 bits per heavy atom. The van der Waals surface area contributed by atoms with Crippen LogP contribution in [0.15, 0.2) is 65.7 Å². The van der Waals surface area contributed by atoms with Gasteiger partial charge >= 0.3 is 0 Å². The molecule has 0 aliphatic carbocycles. The summed E-state index contributed by atoms with van der Waals surface area (Å²) in [7, 11) is -3.53. The fraction of sp³-hybridized carbons (Fsp3) is 0.429. The van der Waals surface area contributed by atoms with Crippen molar-refractivity contribution in [3.63, 3.8) is 0 Å². The van der Waals surface area contributed by atoms with E-state index in [0.29, 0.717) is 18.0 Å². The zero-order valence-corrected chi connectivity index (χ0v) is 21.7. The van der Waals surface area contributed by atoms with Gasteiger partial charge in [0, 0.05) is 31.5 Å². The minimum atomic E-state index is -3.53. The van der Waals surface area contributed by atoms with Crippen LogP contribution in [0.5, 0.6) is 0 Å². The smallest absolute Gasteiger partial charge is 0.243 e. The van der Waals surface area contributed by atoms with E-state index < -0.39 is 10.0 Å². The average Bonchev–Trinajstić information content (AvgIpc) is 3.30. The number of sulfonamides is 1. The number of benzene rings is 2. The molecule has 1 aromatic heterocycles. The maximum absolute atomic E-state index is 13.5. The van der Waals surface area contributed by atoms with Crippen LogP contribution in [0.3, 0.4) is 0 Å². The standard InChI is InChI=1S/C28H35N3O2S/c1-6-31-25-20-21(2)9-14-24(25)30-17-7-8-26(30)28(31)15-18-29(19-16-28)34(32,33)23-12-10-22(11-13-23)27(3,4)5/h7-14,17,20H,6,15-16,18-19H2,1-5H3. The molecule has 0 amide bonds. The van der Waals surface area contributed by atoms with Crippen molar-refractivity contribution in [2.45, 2.75) is 63.3 Å². The zero-order chi connectivity index (χ0) is 24.3. The number of piperidine rings is 1. The van der Waals surface area contributed by atoms with Crippen molar-refractivity contribution in [1.29, 1.82) is 0 Å². The number of fused-ring (bicyclic) bond motifs is 4. The van der Waals surface area contributed by atoms with Crippen LogP contribution in [0.4, 0.5) is 5.69 Å². The molecule has 1 saturated heterocycles. The molecule has 2 aliphatic rings. The molecule has 2 aromatic carbocycles. The van der Waals surface area contributed by atoms with Crippen LogP contribution >= 0.6 is 0 Å². The average molecular weight is 478 g/mol. The molecule has 5 nitrogen and oxygen atoms in total. The molecule has 34 heavy (non-hydrogen) atoms. The van der Waals surface area contributed by atoms with Crippen molar-refractivity contribution < 1.29 is 8.42 Å². The van der Waals surface area contributed by atoms with E-state index in [2.05, 4.69) is 80.6 Å². The molecule has 1 spiro atoms. The Morgan fingerprint density at radius 2 is 1.62 bits per heavy atom. The second-order valence-corrected chi connectivity index (χ2v) is 12.6. The van der Waals surface area contributed by atoms with E-state index >= 15 is 0 Å². The Labute approximate surface area is 204 Å². The summed E-state index contributed by atoms with van der Waals surface area (Å²) in [6, 6.07) is 18.4. The van der Waals surface area contributed by atoms with Crippen molar-refractivity contribution in [3.05, 3.63) is 77.6 Å². The van der Waals surface area contributed by atoms with Crippen LogP contribution in [0.1, 0.15) is 57.4 Å². The third-order valence-electron chi connectivity index (χ3n) is 7.65. The SMILES string of the molecule is CCN1c2cc(C)ccc2-n2cccc2C12CCN(S(=O)(=O)c1ccc(C(C)(C)C)cc1)CC2. The van der Waals surface area contributed by atoms with E-state index in [4.69, 9.17) is 0 Å². The predicted molar refractivity (Wildman–Crippen MR) is 138 cm³/mol. The number of rotatable bonds is 3. The van der Waals surface area contributed by atoms with Gasteiger partial charge in [-0.15, -0.1) is 0 Å². The molecule has 1 fully saturated rings. The van der Waals surface area contributed by atoms with E-state index in [1.54, 1.807) is 16.4 Å². The highest BCUT2D eigenvalue weighted by Crippen LogP contribution is 2.48. The Hall–Kier alpha value is -2.57. The Morgan fingerprint density at radius 3 is 2.24 bits per heavy atom. The van der Waals surface area contributed by atoms with Gasteiger partial charge in [0.1, 0.15) is 0 Å². The Balaban J connectivity index is 1.46. The van der Waals surface area contributed by atoms with Gasteiger partial charge in [-0.2, -0.15) is 4.31 Å². The van der Waals surface area contributed by atoms with E-state index in [1.807, 2.05) is 12.1 Å². The molecule has 0 unspecified atom stereocenters. The first kappa shape index (κ1) is 23.2. The van der Waals surface area contributed by atoms with Crippen LogP contribution in [0, 0.1) is 6.92 Å². The largest absolute Gasteiger partial charge is 0.359 e. The topological polar surface area (TPSA) is 45.5 Å². The molecule has 3 heterocycles. The van der Waals surface area contributed by atoms with E-state index in [1.165, 1.54) is 22.6 Å². The molecule has 0 radical (unpaired) electrons. The normalized spacial score (nSPS) is 18.1. The van der Waals surface area contributed by atoms with Crippen LogP contribution in [0.25, 0.3) is 5.69 Å². The number of nitrogens with zero attached hydrogens (tertiary/aromatic N) is 3. The van der Waals surface area contributed by atoms with Crippen molar-refractivity contribution in [2.24, 2.45) is 0 Å². The quantitative estimate of drug-likeness (QED) is 0.493. The molecular weight excluding hydrogens is 442 g/mol. The van der Waals surface area contributed by atoms with Gasteiger partial charge in [-0.1, -0.05) is 39.0 Å². The maximum atomic E-state index is 13.5. The minimum Gasteiger partial charge on any atom is -0.359 e. The number of hydrogen-bond donors (Lipinski definition) is 0. The first-order valence-electron chi connectivity index (χ1n) is 12.3. The predicted octanol–water partition coefficient (Wildman–Crippen LogP) is 5.60. The molecule has 5 rings (SSSR count). The van der Waals surface area contributed by atoms with Gasteiger partial charge in [-0.25, -0.2) is 8.42 Å². The Bertz CT molecular complexity index is 1310. The van der Waals surface area contributed by atoms with Gasteiger partial charge < -0.3 is 9.47 Å². The second-order valence-electron chi connectivity index (χ2n) is 10.7. The molecule has 180 valence electrons.